The molecule has 3 rings (SSSR count). The zero-order valence-electron chi connectivity index (χ0n) is 17.0. The summed E-state index contributed by atoms with van der Waals surface area (Å²) in [6.45, 7) is 4.33. The van der Waals surface area contributed by atoms with Crippen LogP contribution in [-0.2, 0) is 6.42 Å². The maximum absolute atomic E-state index is 5.42. The monoisotopic (exact) mass is 373 g/mol. The smallest absolute Gasteiger partial charge is 0.161 e. The summed E-state index contributed by atoms with van der Waals surface area (Å²) in [5, 5.41) is 8.21. The van der Waals surface area contributed by atoms with Crippen LogP contribution in [0.4, 0.5) is 0 Å². The molecule has 0 radical (unpaired) electrons. The molecule has 1 aliphatic rings. The van der Waals surface area contributed by atoms with Crippen molar-refractivity contribution < 1.29 is 9.47 Å². The van der Waals surface area contributed by atoms with Crippen molar-refractivity contribution in [2.24, 2.45) is 0 Å². The van der Waals surface area contributed by atoms with E-state index in [2.05, 4.69) is 28.9 Å². The molecule has 1 atom stereocenters. The van der Waals surface area contributed by atoms with Crippen molar-refractivity contribution in [3.63, 3.8) is 0 Å². The van der Waals surface area contributed by atoms with Crippen molar-refractivity contribution in [2.45, 2.75) is 38.3 Å². The zero-order chi connectivity index (χ0) is 19.4. The normalized spacial score (nSPS) is 17.1. The van der Waals surface area contributed by atoms with Crippen LogP contribution < -0.4 is 14.8 Å². The lowest BCUT2D eigenvalue weighted by molar-refractivity contribution is 0.207. The molecule has 0 bridgehead atoms. The Kier molecular flexibility index (Phi) is 6.34. The summed E-state index contributed by atoms with van der Waals surface area (Å²) in [7, 11) is 7.44. The van der Waals surface area contributed by atoms with Crippen LogP contribution in [0.1, 0.15) is 49.1 Å². The Morgan fingerprint density at radius 1 is 1.19 bits per heavy atom. The number of hydrogen-bond donors (Lipinski definition) is 1. The highest BCUT2D eigenvalue weighted by Crippen LogP contribution is 2.29. The van der Waals surface area contributed by atoms with Gasteiger partial charge < -0.3 is 19.7 Å². The average Bonchev–Trinajstić information content (AvgIpc) is 3.11. The third kappa shape index (κ3) is 4.42. The average molecular weight is 374 g/mol. The van der Waals surface area contributed by atoms with Gasteiger partial charge in [-0.3, -0.25) is 0 Å². The predicted molar refractivity (Wildman–Crippen MR) is 106 cm³/mol. The number of ether oxygens (including phenoxy) is 2. The van der Waals surface area contributed by atoms with Crippen LogP contribution in [-0.4, -0.2) is 61.1 Å². The maximum Gasteiger partial charge on any atom is 0.161 e. The second-order valence-electron chi connectivity index (χ2n) is 7.24. The molecular weight excluding hydrogens is 342 g/mol. The highest BCUT2D eigenvalue weighted by molar-refractivity contribution is 5.43. The Morgan fingerprint density at radius 2 is 1.89 bits per heavy atom. The lowest BCUT2D eigenvalue weighted by Gasteiger charge is -2.30. The van der Waals surface area contributed by atoms with E-state index in [9.17, 15) is 0 Å². The summed E-state index contributed by atoms with van der Waals surface area (Å²) in [6.07, 6.45) is 2.89. The molecule has 7 heteroatoms. The lowest BCUT2D eigenvalue weighted by Crippen LogP contribution is -2.33. The first-order chi connectivity index (χ1) is 13.0. The fraction of sp³-hybridized carbons (Fsp3) is 0.600. The largest absolute Gasteiger partial charge is 0.493 e. The van der Waals surface area contributed by atoms with E-state index >= 15 is 0 Å². The molecule has 1 aliphatic heterocycles. The van der Waals surface area contributed by atoms with Gasteiger partial charge in [-0.2, -0.15) is 5.10 Å². The summed E-state index contributed by atoms with van der Waals surface area (Å²) >= 11 is 0. The van der Waals surface area contributed by atoms with Crippen molar-refractivity contribution in [3.05, 3.63) is 35.4 Å². The molecule has 2 heterocycles. The Morgan fingerprint density at radius 3 is 2.52 bits per heavy atom. The molecular formula is C20H31N5O2. The minimum absolute atomic E-state index is 0.163. The molecule has 1 fully saturated rings. The van der Waals surface area contributed by atoms with Crippen molar-refractivity contribution in [1.29, 1.82) is 0 Å². The summed E-state index contributed by atoms with van der Waals surface area (Å²) in [4.78, 5) is 7.25. The second kappa shape index (κ2) is 8.71. The number of nitrogens with zero attached hydrogens (tertiary/aromatic N) is 4. The van der Waals surface area contributed by atoms with E-state index in [0.29, 0.717) is 12.5 Å². The van der Waals surface area contributed by atoms with E-state index in [4.69, 9.17) is 19.6 Å². The number of hydrogen-bond acceptors (Lipinski definition) is 6. The highest BCUT2D eigenvalue weighted by Gasteiger charge is 2.25. The van der Waals surface area contributed by atoms with Crippen LogP contribution in [0.15, 0.2) is 18.2 Å². The van der Waals surface area contributed by atoms with Crippen molar-refractivity contribution in [2.75, 3.05) is 41.4 Å². The lowest BCUT2D eigenvalue weighted by atomic mass is 10.1. The number of likely N-dealkylation sites (tertiary alicyclic amines) is 1. The van der Waals surface area contributed by atoms with Crippen molar-refractivity contribution >= 4 is 0 Å². The van der Waals surface area contributed by atoms with E-state index in [1.54, 1.807) is 14.2 Å². The van der Waals surface area contributed by atoms with Crippen LogP contribution in [0.3, 0.4) is 0 Å². The van der Waals surface area contributed by atoms with Gasteiger partial charge in [-0.25, -0.2) is 9.67 Å². The third-order valence-electron chi connectivity index (χ3n) is 5.37. The standard InChI is InChI=1S/C20H31N5O2/c1-14(21-2)20-22-19(23-25(20)16-8-10-24(3)11-9-16)13-15-6-7-17(26-4)18(12-15)27-5/h6-7,12,14,16,21H,8-11,13H2,1-5H3/t14-/m0/s1. The first-order valence-corrected chi connectivity index (χ1v) is 9.57. The fourth-order valence-corrected chi connectivity index (χ4v) is 3.56. The van der Waals surface area contributed by atoms with Gasteiger partial charge in [0.15, 0.2) is 17.3 Å². The quantitative estimate of drug-likeness (QED) is 0.804. The van der Waals surface area contributed by atoms with Crippen LogP contribution in [0.2, 0.25) is 0 Å². The Balaban J connectivity index is 1.85. The summed E-state index contributed by atoms with van der Waals surface area (Å²) in [6, 6.07) is 6.55. The second-order valence-corrected chi connectivity index (χ2v) is 7.24. The summed E-state index contributed by atoms with van der Waals surface area (Å²) in [5.41, 5.74) is 1.11. The first kappa shape index (κ1) is 19.6. The van der Waals surface area contributed by atoms with Gasteiger partial charge in [-0.05, 0) is 64.6 Å². The van der Waals surface area contributed by atoms with Gasteiger partial charge in [-0.15, -0.1) is 0 Å². The number of piperidine rings is 1. The van der Waals surface area contributed by atoms with E-state index in [1.165, 1.54) is 0 Å². The molecule has 0 amide bonds. The molecule has 148 valence electrons. The number of methoxy groups -OCH3 is 2. The molecule has 0 unspecified atom stereocenters. The van der Waals surface area contributed by atoms with Crippen LogP contribution >= 0.6 is 0 Å². The first-order valence-electron chi connectivity index (χ1n) is 9.57. The third-order valence-corrected chi connectivity index (χ3v) is 5.37. The minimum atomic E-state index is 0.163. The van der Waals surface area contributed by atoms with E-state index in [1.807, 2.05) is 25.2 Å². The van der Waals surface area contributed by atoms with Gasteiger partial charge in [0.25, 0.3) is 0 Å². The molecule has 1 aromatic heterocycles. The molecule has 2 aromatic rings. The molecule has 27 heavy (non-hydrogen) atoms. The number of aromatic nitrogens is 3. The van der Waals surface area contributed by atoms with Gasteiger partial charge in [0, 0.05) is 6.42 Å². The van der Waals surface area contributed by atoms with E-state index < -0.39 is 0 Å². The van der Waals surface area contributed by atoms with Crippen molar-refractivity contribution in [3.8, 4) is 11.5 Å². The Labute approximate surface area is 161 Å². The SMILES string of the molecule is CN[C@@H](C)c1nc(Cc2ccc(OC)c(OC)c2)nn1C1CCN(C)CC1. The van der Waals surface area contributed by atoms with Gasteiger partial charge in [-0.1, -0.05) is 6.07 Å². The van der Waals surface area contributed by atoms with E-state index in [-0.39, 0.29) is 6.04 Å². The summed E-state index contributed by atoms with van der Waals surface area (Å²) < 4.78 is 12.9. The van der Waals surface area contributed by atoms with Gasteiger partial charge in [0.2, 0.25) is 0 Å². The van der Waals surface area contributed by atoms with Crippen molar-refractivity contribution in [1.82, 2.24) is 25.0 Å². The van der Waals surface area contributed by atoms with Gasteiger partial charge >= 0.3 is 0 Å². The number of nitrogens with one attached hydrogen (secondary N) is 1. The van der Waals surface area contributed by atoms with Crippen LogP contribution in [0.25, 0.3) is 0 Å². The molecule has 0 saturated carbocycles. The molecule has 0 spiro atoms. The van der Waals surface area contributed by atoms with Crippen LogP contribution in [0, 0.1) is 0 Å². The zero-order valence-corrected chi connectivity index (χ0v) is 17.0. The van der Waals surface area contributed by atoms with Gasteiger partial charge in [0.1, 0.15) is 5.82 Å². The minimum Gasteiger partial charge on any atom is -0.493 e. The topological polar surface area (TPSA) is 64.4 Å². The Hall–Kier alpha value is -2.12. The number of benzene rings is 1. The molecule has 1 saturated heterocycles. The maximum atomic E-state index is 5.42. The molecule has 1 N–H and O–H groups in total. The van der Waals surface area contributed by atoms with Crippen LogP contribution in [0.5, 0.6) is 11.5 Å². The fourth-order valence-electron chi connectivity index (χ4n) is 3.56. The summed E-state index contributed by atoms with van der Waals surface area (Å²) in [5.74, 6) is 3.32. The van der Waals surface area contributed by atoms with E-state index in [0.717, 1.165) is 54.6 Å². The van der Waals surface area contributed by atoms with Gasteiger partial charge in [0.05, 0.1) is 26.3 Å². The highest BCUT2D eigenvalue weighted by atomic mass is 16.5. The predicted octanol–water partition coefficient (Wildman–Crippen LogP) is 2.43. The molecule has 0 aliphatic carbocycles. The Bertz CT molecular complexity index is 753. The number of rotatable bonds is 7. The molecule has 7 nitrogen and oxygen atoms in total. The molecule has 1 aromatic carbocycles.